The van der Waals surface area contributed by atoms with Gasteiger partial charge in [0, 0.05) is 5.54 Å². The van der Waals surface area contributed by atoms with Gasteiger partial charge in [0.2, 0.25) is 0 Å². The van der Waals surface area contributed by atoms with Crippen LogP contribution in [-0.2, 0) is 0 Å². The van der Waals surface area contributed by atoms with Crippen molar-refractivity contribution in [1.29, 1.82) is 0 Å². The Labute approximate surface area is 84.3 Å². The second-order valence-corrected chi connectivity index (χ2v) is 5.51. The van der Waals surface area contributed by atoms with Crippen LogP contribution in [0, 0.1) is 5.41 Å². The molecule has 0 aliphatic carbocycles. The average molecular weight is 185 g/mol. The van der Waals surface area contributed by atoms with E-state index >= 15 is 0 Å². The lowest BCUT2D eigenvalue weighted by atomic mass is 9.83. The predicted molar refractivity (Wildman–Crippen MR) is 61.1 cm³/mol. The fourth-order valence-corrected chi connectivity index (χ4v) is 1.31. The first-order valence-corrected chi connectivity index (χ1v) is 5.52. The molecule has 0 saturated carbocycles. The van der Waals surface area contributed by atoms with Crippen LogP contribution in [-0.4, -0.2) is 12.6 Å². The Morgan fingerprint density at radius 1 is 1.00 bits per heavy atom. The molecule has 0 atom stereocenters. The number of nitrogens with one attached hydrogen (secondary N) is 1. The topological polar surface area (TPSA) is 12.0 Å². The normalized spacial score (nSPS) is 13.4. The van der Waals surface area contributed by atoms with E-state index in [4.69, 9.17) is 0 Å². The molecule has 0 aliphatic rings. The summed E-state index contributed by atoms with van der Waals surface area (Å²) < 4.78 is 0. The van der Waals surface area contributed by atoms with Crippen molar-refractivity contribution in [3.8, 4) is 0 Å². The Morgan fingerprint density at radius 3 is 1.92 bits per heavy atom. The SMILES string of the molecule is CCC(C)(C)CCCC(C)(C)NC. The van der Waals surface area contributed by atoms with Crippen molar-refractivity contribution in [2.75, 3.05) is 7.05 Å². The Hall–Kier alpha value is -0.0400. The fourth-order valence-electron chi connectivity index (χ4n) is 1.31. The summed E-state index contributed by atoms with van der Waals surface area (Å²) in [5.41, 5.74) is 0.841. The lowest BCUT2D eigenvalue weighted by molar-refractivity contribution is 0.282. The standard InChI is InChI=1S/C12H27N/c1-7-11(2,3)9-8-10-12(4,5)13-6/h13H,7-10H2,1-6H3. The van der Waals surface area contributed by atoms with E-state index < -0.39 is 0 Å². The summed E-state index contributed by atoms with van der Waals surface area (Å²) in [5.74, 6) is 0. The van der Waals surface area contributed by atoms with Gasteiger partial charge in [-0.1, -0.05) is 33.6 Å². The van der Waals surface area contributed by atoms with Crippen molar-refractivity contribution in [1.82, 2.24) is 5.32 Å². The van der Waals surface area contributed by atoms with E-state index in [1.54, 1.807) is 0 Å². The van der Waals surface area contributed by atoms with Crippen molar-refractivity contribution in [3.63, 3.8) is 0 Å². The Morgan fingerprint density at radius 2 is 1.54 bits per heavy atom. The third kappa shape index (κ3) is 6.09. The lowest BCUT2D eigenvalue weighted by Crippen LogP contribution is -2.36. The third-order valence-electron chi connectivity index (χ3n) is 3.29. The van der Waals surface area contributed by atoms with E-state index in [9.17, 15) is 0 Å². The zero-order valence-corrected chi connectivity index (χ0v) is 10.3. The summed E-state index contributed by atoms with van der Waals surface area (Å²) in [4.78, 5) is 0. The molecule has 0 rings (SSSR count). The maximum Gasteiger partial charge on any atom is 0.0122 e. The molecule has 0 spiro atoms. The smallest absolute Gasteiger partial charge is 0.0122 e. The van der Waals surface area contributed by atoms with Crippen molar-refractivity contribution in [2.24, 2.45) is 5.41 Å². The minimum absolute atomic E-state index is 0.309. The van der Waals surface area contributed by atoms with E-state index in [0.29, 0.717) is 11.0 Å². The van der Waals surface area contributed by atoms with Crippen molar-refractivity contribution < 1.29 is 0 Å². The molecular formula is C12H27N. The molecule has 0 aromatic rings. The van der Waals surface area contributed by atoms with Gasteiger partial charge in [-0.2, -0.15) is 0 Å². The maximum absolute atomic E-state index is 3.35. The van der Waals surface area contributed by atoms with Crippen molar-refractivity contribution in [2.45, 2.75) is 65.8 Å². The second-order valence-electron chi connectivity index (χ2n) is 5.51. The van der Waals surface area contributed by atoms with Gasteiger partial charge in [-0.15, -0.1) is 0 Å². The van der Waals surface area contributed by atoms with Gasteiger partial charge in [-0.05, 0) is 39.2 Å². The highest BCUT2D eigenvalue weighted by atomic mass is 14.9. The average Bonchev–Trinajstić information content (AvgIpc) is 2.04. The zero-order chi connectivity index (χ0) is 10.5. The monoisotopic (exact) mass is 185 g/mol. The predicted octanol–water partition coefficient (Wildman–Crippen LogP) is 3.59. The summed E-state index contributed by atoms with van der Waals surface area (Å²) in [7, 11) is 2.05. The molecule has 13 heavy (non-hydrogen) atoms. The third-order valence-corrected chi connectivity index (χ3v) is 3.29. The van der Waals surface area contributed by atoms with Crippen molar-refractivity contribution >= 4 is 0 Å². The van der Waals surface area contributed by atoms with Crippen LogP contribution < -0.4 is 5.32 Å². The van der Waals surface area contributed by atoms with Gasteiger partial charge < -0.3 is 5.32 Å². The number of rotatable bonds is 6. The molecule has 0 aromatic heterocycles. The summed E-state index contributed by atoms with van der Waals surface area (Å²) in [6.07, 6.45) is 5.23. The first-order chi connectivity index (χ1) is 5.83. The van der Waals surface area contributed by atoms with E-state index in [1.165, 1.54) is 25.7 Å². The van der Waals surface area contributed by atoms with Gasteiger partial charge in [0.15, 0.2) is 0 Å². The summed E-state index contributed by atoms with van der Waals surface area (Å²) in [6.45, 7) is 11.5. The second kappa shape index (κ2) is 4.99. The molecule has 1 N–H and O–H groups in total. The van der Waals surface area contributed by atoms with Crippen LogP contribution in [0.1, 0.15) is 60.3 Å². The summed E-state index contributed by atoms with van der Waals surface area (Å²) >= 11 is 0. The molecule has 80 valence electrons. The van der Waals surface area contributed by atoms with Crippen LogP contribution in [0.4, 0.5) is 0 Å². The molecule has 0 radical (unpaired) electrons. The molecule has 0 fully saturated rings. The quantitative estimate of drug-likeness (QED) is 0.667. The molecule has 1 nitrogen and oxygen atoms in total. The largest absolute Gasteiger partial charge is 0.315 e. The first kappa shape index (κ1) is 13.0. The van der Waals surface area contributed by atoms with Gasteiger partial charge in [0.25, 0.3) is 0 Å². The molecule has 0 heterocycles. The van der Waals surface area contributed by atoms with Gasteiger partial charge >= 0.3 is 0 Å². The van der Waals surface area contributed by atoms with Gasteiger partial charge in [-0.3, -0.25) is 0 Å². The Bertz CT molecular complexity index is 120. The Balaban J connectivity index is 3.68. The van der Waals surface area contributed by atoms with Crippen LogP contribution in [0.2, 0.25) is 0 Å². The minimum Gasteiger partial charge on any atom is -0.315 e. The highest BCUT2D eigenvalue weighted by molar-refractivity contribution is 4.76. The maximum atomic E-state index is 3.35. The molecule has 0 saturated heterocycles. The molecular weight excluding hydrogens is 158 g/mol. The van der Waals surface area contributed by atoms with Crippen LogP contribution in [0.3, 0.4) is 0 Å². The van der Waals surface area contributed by atoms with Crippen LogP contribution in [0.25, 0.3) is 0 Å². The highest BCUT2D eigenvalue weighted by Crippen LogP contribution is 2.28. The van der Waals surface area contributed by atoms with E-state index in [0.717, 1.165) is 0 Å². The van der Waals surface area contributed by atoms with Crippen LogP contribution in [0.5, 0.6) is 0 Å². The van der Waals surface area contributed by atoms with Gasteiger partial charge in [0.05, 0.1) is 0 Å². The summed E-state index contributed by atoms with van der Waals surface area (Å²) in [6, 6.07) is 0. The number of hydrogen-bond donors (Lipinski definition) is 1. The van der Waals surface area contributed by atoms with Gasteiger partial charge in [-0.25, -0.2) is 0 Å². The highest BCUT2D eigenvalue weighted by Gasteiger charge is 2.18. The zero-order valence-electron chi connectivity index (χ0n) is 10.3. The molecule has 0 aromatic carbocycles. The fraction of sp³-hybridized carbons (Fsp3) is 1.00. The molecule has 0 unspecified atom stereocenters. The van der Waals surface area contributed by atoms with E-state index in [-0.39, 0.29) is 0 Å². The molecule has 0 bridgehead atoms. The summed E-state index contributed by atoms with van der Waals surface area (Å²) in [5, 5.41) is 3.35. The van der Waals surface area contributed by atoms with Gasteiger partial charge in [0.1, 0.15) is 0 Å². The molecule has 0 amide bonds. The number of hydrogen-bond acceptors (Lipinski definition) is 1. The Kier molecular flexibility index (Phi) is 4.98. The first-order valence-electron chi connectivity index (χ1n) is 5.52. The van der Waals surface area contributed by atoms with Crippen molar-refractivity contribution in [3.05, 3.63) is 0 Å². The molecule has 1 heteroatoms. The molecule has 0 aliphatic heterocycles. The van der Waals surface area contributed by atoms with Crippen LogP contribution >= 0.6 is 0 Å². The van der Waals surface area contributed by atoms with E-state index in [2.05, 4.69) is 39.9 Å². The van der Waals surface area contributed by atoms with E-state index in [1.807, 2.05) is 7.05 Å². The lowest BCUT2D eigenvalue weighted by Gasteiger charge is -2.27. The van der Waals surface area contributed by atoms with Crippen LogP contribution in [0.15, 0.2) is 0 Å². The minimum atomic E-state index is 0.309.